The van der Waals surface area contributed by atoms with E-state index in [2.05, 4.69) is 11.1 Å². The molecule has 0 aliphatic rings. The van der Waals surface area contributed by atoms with Gasteiger partial charge in [-0.2, -0.15) is 0 Å². The maximum absolute atomic E-state index is 6.31. The fourth-order valence-corrected chi connectivity index (χ4v) is 4.53. The highest BCUT2D eigenvalue weighted by Gasteiger charge is 2.19. The molecule has 0 amide bonds. The Bertz CT molecular complexity index is 1830. The van der Waals surface area contributed by atoms with E-state index in [1.165, 1.54) is 0 Å². The van der Waals surface area contributed by atoms with Crippen molar-refractivity contribution in [3.05, 3.63) is 128 Å². The molecule has 6 nitrogen and oxygen atoms in total. The number of nitrogens with zero attached hydrogens (tertiary/aromatic N) is 5. The van der Waals surface area contributed by atoms with Crippen molar-refractivity contribution in [2.45, 2.75) is 0 Å². The lowest BCUT2D eigenvalue weighted by Crippen LogP contribution is -2.00. The molecule has 4 aromatic carbocycles. The molecule has 3 heterocycles. The Hall–Kier alpha value is -5.49. The van der Waals surface area contributed by atoms with Crippen molar-refractivity contribution in [3.8, 4) is 56.7 Å². The van der Waals surface area contributed by atoms with Crippen LogP contribution in [0.4, 0.5) is 0 Å². The van der Waals surface area contributed by atoms with Crippen molar-refractivity contribution in [3.63, 3.8) is 0 Å². The van der Waals surface area contributed by atoms with Gasteiger partial charge >= 0.3 is 0 Å². The van der Waals surface area contributed by atoms with Gasteiger partial charge in [-0.1, -0.05) is 84.9 Å². The molecule has 0 saturated carbocycles. The molecule has 0 radical (unpaired) electrons. The van der Waals surface area contributed by atoms with Crippen molar-refractivity contribution in [2.75, 3.05) is 0 Å². The Kier molecular flexibility index (Phi) is 5.68. The van der Waals surface area contributed by atoms with Gasteiger partial charge in [-0.25, -0.2) is 19.9 Å². The summed E-state index contributed by atoms with van der Waals surface area (Å²) in [5, 5.41) is 0. The number of oxazole rings is 1. The second-order valence-electron chi connectivity index (χ2n) is 9.04. The lowest BCUT2D eigenvalue weighted by Gasteiger charge is -2.10. The second-order valence-corrected chi connectivity index (χ2v) is 9.04. The van der Waals surface area contributed by atoms with Crippen molar-refractivity contribution >= 4 is 11.1 Å². The zero-order valence-electron chi connectivity index (χ0n) is 20.8. The highest BCUT2D eigenvalue weighted by molar-refractivity contribution is 5.94. The smallest absolute Gasteiger partial charge is 0.227 e. The summed E-state index contributed by atoms with van der Waals surface area (Å²) in [6.45, 7) is 0. The van der Waals surface area contributed by atoms with Gasteiger partial charge in [0.15, 0.2) is 23.1 Å². The van der Waals surface area contributed by atoms with Crippen LogP contribution in [0.3, 0.4) is 0 Å². The van der Waals surface area contributed by atoms with Crippen LogP contribution in [-0.4, -0.2) is 24.9 Å². The molecule has 0 spiro atoms. The third-order valence-electron chi connectivity index (χ3n) is 6.45. The number of pyridine rings is 1. The van der Waals surface area contributed by atoms with Crippen LogP contribution in [-0.2, 0) is 0 Å². The van der Waals surface area contributed by atoms with Gasteiger partial charge in [0.2, 0.25) is 5.89 Å². The number of hydrogen-bond donors (Lipinski definition) is 0. The molecule has 7 rings (SSSR count). The maximum atomic E-state index is 6.31. The summed E-state index contributed by atoms with van der Waals surface area (Å²) in [4.78, 5) is 24.0. The first-order chi connectivity index (χ1) is 19.3. The van der Waals surface area contributed by atoms with Gasteiger partial charge in [0, 0.05) is 40.2 Å². The molecule has 39 heavy (non-hydrogen) atoms. The molecule has 6 heteroatoms. The minimum Gasteiger partial charge on any atom is -0.436 e. The fraction of sp³-hybridized carbons (Fsp3) is 0. The van der Waals surface area contributed by atoms with Crippen LogP contribution in [0, 0.1) is 0 Å². The van der Waals surface area contributed by atoms with Gasteiger partial charge in [0.05, 0.1) is 0 Å². The first-order valence-electron chi connectivity index (χ1n) is 12.6. The SMILES string of the molecule is c1ccc(-c2nc(-c3ccccc3)nc(-c3cc(-c4cccnc4)cc4oc(-c5ccccc5)nc34)n2)cc1. The first kappa shape index (κ1) is 22.7. The van der Waals surface area contributed by atoms with Gasteiger partial charge in [-0.05, 0) is 35.9 Å². The summed E-state index contributed by atoms with van der Waals surface area (Å²) < 4.78 is 6.31. The third-order valence-corrected chi connectivity index (χ3v) is 6.45. The second kappa shape index (κ2) is 9.76. The molecule has 0 bridgehead atoms. The van der Waals surface area contributed by atoms with Gasteiger partial charge in [0.1, 0.15) is 5.52 Å². The van der Waals surface area contributed by atoms with E-state index in [0.29, 0.717) is 34.5 Å². The van der Waals surface area contributed by atoms with E-state index in [1.54, 1.807) is 6.20 Å². The highest BCUT2D eigenvalue weighted by atomic mass is 16.3. The zero-order valence-corrected chi connectivity index (χ0v) is 20.8. The van der Waals surface area contributed by atoms with Crippen molar-refractivity contribution in [1.29, 1.82) is 0 Å². The van der Waals surface area contributed by atoms with Crippen LogP contribution in [0.2, 0.25) is 0 Å². The van der Waals surface area contributed by atoms with E-state index >= 15 is 0 Å². The fourth-order valence-electron chi connectivity index (χ4n) is 4.53. The molecule has 7 aromatic rings. The third kappa shape index (κ3) is 4.45. The molecule has 0 atom stereocenters. The zero-order chi connectivity index (χ0) is 26.0. The van der Waals surface area contributed by atoms with Crippen LogP contribution in [0.25, 0.3) is 67.8 Å². The van der Waals surface area contributed by atoms with Crippen LogP contribution in [0.1, 0.15) is 0 Å². The molecule has 0 fully saturated rings. The number of rotatable bonds is 5. The standard InChI is InChI=1S/C33H21N5O/c1-4-11-22(12-5-1)30-36-31(23-13-6-2-7-14-23)38-32(37-30)27-19-26(25-17-10-18-34-21-25)20-28-29(27)35-33(39-28)24-15-8-3-9-16-24/h1-21H. The summed E-state index contributed by atoms with van der Waals surface area (Å²) in [6, 6.07) is 37.7. The van der Waals surface area contributed by atoms with Crippen molar-refractivity contribution in [1.82, 2.24) is 24.9 Å². The van der Waals surface area contributed by atoms with E-state index in [1.807, 2.05) is 115 Å². The molecule has 0 saturated heterocycles. The summed E-state index contributed by atoms with van der Waals surface area (Å²) in [5.74, 6) is 2.24. The Morgan fingerprint density at radius 2 is 1.03 bits per heavy atom. The molecule has 0 aliphatic heterocycles. The summed E-state index contributed by atoms with van der Waals surface area (Å²) >= 11 is 0. The number of benzene rings is 4. The van der Waals surface area contributed by atoms with Crippen LogP contribution in [0.5, 0.6) is 0 Å². The van der Waals surface area contributed by atoms with E-state index in [-0.39, 0.29) is 0 Å². The van der Waals surface area contributed by atoms with Crippen molar-refractivity contribution < 1.29 is 4.42 Å². The Morgan fingerprint density at radius 3 is 1.62 bits per heavy atom. The highest BCUT2D eigenvalue weighted by Crippen LogP contribution is 2.36. The quantitative estimate of drug-likeness (QED) is 0.239. The van der Waals surface area contributed by atoms with Gasteiger partial charge in [0.25, 0.3) is 0 Å². The van der Waals surface area contributed by atoms with E-state index < -0.39 is 0 Å². The van der Waals surface area contributed by atoms with E-state index in [9.17, 15) is 0 Å². The summed E-state index contributed by atoms with van der Waals surface area (Å²) in [7, 11) is 0. The predicted molar refractivity (Wildman–Crippen MR) is 152 cm³/mol. The lowest BCUT2D eigenvalue weighted by molar-refractivity contribution is 0.620. The van der Waals surface area contributed by atoms with Gasteiger partial charge in [-0.3, -0.25) is 4.98 Å². The van der Waals surface area contributed by atoms with E-state index in [4.69, 9.17) is 24.4 Å². The van der Waals surface area contributed by atoms with Crippen molar-refractivity contribution in [2.24, 2.45) is 0 Å². The maximum Gasteiger partial charge on any atom is 0.227 e. The summed E-state index contributed by atoms with van der Waals surface area (Å²) in [5.41, 5.74) is 6.69. The average Bonchev–Trinajstić information content (AvgIpc) is 3.47. The molecule has 0 N–H and O–H groups in total. The monoisotopic (exact) mass is 503 g/mol. The normalized spacial score (nSPS) is 11.1. The van der Waals surface area contributed by atoms with Gasteiger partial charge in [-0.15, -0.1) is 0 Å². The topological polar surface area (TPSA) is 77.6 Å². The Balaban J connectivity index is 1.50. The Labute approximate surface area is 224 Å². The largest absolute Gasteiger partial charge is 0.436 e. The minimum absolute atomic E-state index is 0.520. The van der Waals surface area contributed by atoms with Crippen LogP contribution < -0.4 is 0 Å². The van der Waals surface area contributed by atoms with Crippen LogP contribution in [0.15, 0.2) is 132 Å². The molecule has 0 unspecified atom stereocenters. The number of aromatic nitrogens is 5. The summed E-state index contributed by atoms with van der Waals surface area (Å²) in [6.07, 6.45) is 3.59. The first-order valence-corrected chi connectivity index (χ1v) is 12.6. The van der Waals surface area contributed by atoms with Crippen LogP contribution >= 0.6 is 0 Å². The predicted octanol–water partition coefficient (Wildman–Crippen LogP) is 7.74. The molecule has 3 aromatic heterocycles. The Morgan fingerprint density at radius 1 is 0.462 bits per heavy atom. The molecule has 0 aliphatic carbocycles. The number of fused-ring (bicyclic) bond motifs is 1. The van der Waals surface area contributed by atoms with Gasteiger partial charge < -0.3 is 4.42 Å². The number of hydrogen-bond acceptors (Lipinski definition) is 6. The minimum atomic E-state index is 0.520. The average molecular weight is 504 g/mol. The molecule has 184 valence electrons. The molecular formula is C33H21N5O. The lowest BCUT2D eigenvalue weighted by atomic mass is 10.0. The molecular weight excluding hydrogens is 482 g/mol. The van der Waals surface area contributed by atoms with E-state index in [0.717, 1.165) is 33.4 Å².